The monoisotopic (exact) mass is 277 g/mol. The van der Waals surface area contributed by atoms with E-state index in [0.717, 1.165) is 46.8 Å². The minimum atomic E-state index is -0.115. The number of rotatable bonds is 3. The third kappa shape index (κ3) is 2.98. The molecule has 2 aromatic rings. The summed E-state index contributed by atoms with van der Waals surface area (Å²) in [7, 11) is 0. The number of aliphatic hydroxyl groups excluding tert-OH is 1. The second-order valence-corrected chi connectivity index (χ2v) is 6.34. The highest BCUT2D eigenvalue weighted by Crippen LogP contribution is 2.29. The molecule has 4 nitrogen and oxygen atoms in total. The van der Waals surface area contributed by atoms with Gasteiger partial charge in [0.1, 0.15) is 0 Å². The lowest BCUT2D eigenvalue weighted by molar-refractivity contribution is 0.105. The summed E-state index contributed by atoms with van der Waals surface area (Å²) in [6.45, 7) is 0.895. The number of anilines is 2. The standard InChI is InChI=1S/C14H19N3OS/c15-10-4-5-12-13(7-10)19-14(17-12)16-8-9-2-1-3-11(18)6-9/h4-5,7,9,11,18H,1-3,6,8,15H2,(H,16,17). The highest BCUT2D eigenvalue weighted by Gasteiger charge is 2.20. The van der Waals surface area contributed by atoms with Crippen molar-refractivity contribution in [3.63, 3.8) is 0 Å². The van der Waals surface area contributed by atoms with Gasteiger partial charge in [0, 0.05) is 12.2 Å². The van der Waals surface area contributed by atoms with E-state index >= 15 is 0 Å². The first-order valence-corrected chi connectivity index (χ1v) is 7.60. The van der Waals surface area contributed by atoms with Crippen molar-refractivity contribution in [2.75, 3.05) is 17.6 Å². The van der Waals surface area contributed by atoms with Crippen LogP contribution >= 0.6 is 11.3 Å². The van der Waals surface area contributed by atoms with Crippen molar-refractivity contribution in [1.82, 2.24) is 4.98 Å². The Morgan fingerprint density at radius 1 is 1.42 bits per heavy atom. The number of aromatic nitrogens is 1. The van der Waals surface area contributed by atoms with Crippen LogP contribution in [-0.2, 0) is 0 Å². The first-order valence-electron chi connectivity index (χ1n) is 6.79. The maximum atomic E-state index is 9.67. The molecule has 0 amide bonds. The third-order valence-electron chi connectivity index (χ3n) is 3.71. The van der Waals surface area contributed by atoms with Gasteiger partial charge in [-0.2, -0.15) is 0 Å². The van der Waals surface area contributed by atoms with Gasteiger partial charge in [-0.1, -0.05) is 17.8 Å². The van der Waals surface area contributed by atoms with Gasteiger partial charge in [0.2, 0.25) is 0 Å². The molecule has 1 aliphatic rings. The van der Waals surface area contributed by atoms with E-state index in [2.05, 4.69) is 10.3 Å². The summed E-state index contributed by atoms with van der Waals surface area (Å²) < 4.78 is 1.12. The van der Waals surface area contributed by atoms with Gasteiger partial charge in [-0.15, -0.1) is 0 Å². The average Bonchev–Trinajstić information content (AvgIpc) is 2.78. The summed E-state index contributed by atoms with van der Waals surface area (Å²) in [6.07, 6.45) is 4.07. The molecule has 0 radical (unpaired) electrons. The molecule has 5 heteroatoms. The fourth-order valence-electron chi connectivity index (χ4n) is 2.70. The Morgan fingerprint density at radius 3 is 3.16 bits per heavy atom. The minimum Gasteiger partial charge on any atom is -0.399 e. The smallest absolute Gasteiger partial charge is 0.183 e. The maximum Gasteiger partial charge on any atom is 0.183 e. The highest BCUT2D eigenvalue weighted by atomic mass is 32.1. The summed E-state index contributed by atoms with van der Waals surface area (Å²) in [5.41, 5.74) is 7.54. The maximum absolute atomic E-state index is 9.67. The Bertz CT molecular complexity index is 569. The topological polar surface area (TPSA) is 71.2 Å². The van der Waals surface area contributed by atoms with Crippen LogP contribution in [0, 0.1) is 5.92 Å². The van der Waals surface area contributed by atoms with Gasteiger partial charge in [0.05, 0.1) is 16.3 Å². The molecule has 3 rings (SSSR count). The van der Waals surface area contributed by atoms with Gasteiger partial charge in [0.25, 0.3) is 0 Å². The molecule has 2 atom stereocenters. The van der Waals surface area contributed by atoms with Crippen molar-refractivity contribution in [3.8, 4) is 0 Å². The molecule has 4 N–H and O–H groups in total. The van der Waals surface area contributed by atoms with E-state index in [-0.39, 0.29) is 6.10 Å². The molecule has 1 aromatic heterocycles. The lowest BCUT2D eigenvalue weighted by Gasteiger charge is -2.25. The van der Waals surface area contributed by atoms with Crippen molar-refractivity contribution in [2.45, 2.75) is 31.8 Å². The molecule has 0 aliphatic heterocycles. The van der Waals surface area contributed by atoms with E-state index in [1.807, 2.05) is 18.2 Å². The van der Waals surface area contributed by atoms with Gasteiger partial charge in [0.15, 0.2) is 5.13 Å². The number of benzene rings is 1. The zero-order valence-electron chi connectivity index (χ0n) is 10.8. The molecule has 1 aromatic carbocycles. The Balaban J connectivity index is 1.65. The first-order chi connectivity index (χ1) is 9.20. The van der Waals surface area contributed by atoms with Crippen molar-refractivity contribution in [1.29, 1.82) is 0 Å². The van der Waals surface area contributed by atoms with Crippen molar-refractivity contribution in [2.24, 2.45) is 5.92 Å². The quantitative estimate of drug-likeness (QED) is 0.754. The third-order valence-corrected chi connectivity index (χ3v) is 4.69. The molecule has 1 aliphatic carbocycles. The van der Waals surface area contributed by atoms with Crippen molar-refractivity contribution < 1.29 is 5.11 Å². The van der Waals surface area contributed by atoms with E-state index in [1.165, 1.54) is 6.42 Å². The van der Waals surface area contributed by atoms with Gasteiger partial charge in [-0.3, -0.25) is 0 Å². The summed E-state index contributed by atoms with van der Waals surface area (Å²) in [5.74, 6) is 0.556. The number of hydrogen-bond acceptors (Lipinski definition) is 5. The summed E-state index contributed by atoms with van der Waals surface area (Å²) >= 11 is 1.64. The van der Waals surface area contributed by atoms with E-state index in [0.29, 0.717) is 5.92 Å². The molecule has 102 valence electrons. The van der Waals surface area contributed by atoms with Crippen LogP contribution in [0.2, 0.25) is 0 Å². The molecule has 19 heavy (non-hydrogen) atoms. The van der Waals surface area contributed by atoms with Crippen molar-refractivity contribution in [3.05, 3.63) is 18.2 Å². The molecule has 1 heterocycles. The molecule has 0 spiro atoms. The van der Waals surface area contributed by atoms with Crippen LogP contribution in [0.25, 0.3) is 10.2 Å². The van der Waals surface area contributed by atoms with Crippen LogP contribution in [-0.4, -0.2) is 22.7 Å². The Hall–Kier alpha value is -1.33. The van der Waals surface area contributed by atoms with E-state index < -0.39 is 0 Å². The van der Waals surface area contributed by atoms with Gasteiger partial charge >= 0.3 is 0 Å². The normalized spacial score (nSPS) is 23.6. The summed E-state index contributed by atoms with van der Waals surface area (Å²) in [4.78, 5) is 4.55. The SMILES string of the molecule is Nc1ccc2nc(NCC3CCCC(O)C3)sc2c1. The molecular formula is C14H19N3OS. The fourth-order valence-corrected chi connectivity index (χ4v) is 3.62. The van der Waals surface area contributed by atoms with Crippen LogP contribution in [0.1, 0.15) is 25.7 Å². The Labute approximate surface area is 116 Å². The van der Waals surface area contributed by atoms with E-state index in [9.17, 15) is 5.11 Å². The van der Waals surface area contributed by atoms with E-state index in [4.69, 9.17) is 5.73 Å². The van der Waals surface area contributed by atoms with Crippen LogP contribution in [0.5, 0.6) is 0 Å². The second-order valence-electron chi connectivity index (χ2n) is 5.31. The van der Waals surface area contributed by atoms with Gasteiger partial charge in [-0.25, -0.2) is 4.98 Å². The minimum absolute atomic E-state index is 0.115. The lowest BCUT2D eigenvalue weighted by atomic mass is 9.87. The molecular weight excluding hydrogens is 258 g/mol. The fraction of sp³-hybridized carbons (Fsp3) is 0.500. The number of nitrogens with one attached hydrogen (secondary N) is 1. The molecule has 1 fully saturated rings. The summed E-state index contributed by atoms with van der Waals surface area (Å²) in [6, 6.07) is 5.79. The second kappa shape index (κ2) is 5.35. The number of nitrogen functional groups attached to an aromatic ring is 1. The Morgan fingerprint density at radius 2 is 2.32 bits per heavy atom. The van der Waals surface area contributed by atoms with Gasteiger partial charge in [-0.05, 0) is 43.4 Å². The Kier molecular flexibility index (Phi) is 3.57. The van der Waals surface area contributed by atoms with Crippen LogP contribution in [0.4, 0.5) is 10.8 Å². The number of thiazole rings is 1. The van der Waals surface area contributed by atoms with Crippen LogP contribution in [0.15, 0.2) is 18.2 Å². The number of fused-ring (bicyclic) bond motifs is 1. The van der Waals surface area contributed by atoms with Crippen molar-refractivity contribution >= 4 is 32.4 Å². The molecule has 2 unspecified atom stereocenters. The first kappa shape index (κ1) is 12.7. The van der Waals surface area contributed by atoms with Gasteiger partial charge < -0.3 is 16.2 Å². The lowest BCUT2D eigenvalue weighted by Crippen LogP contribution is -2.24. The highest BCUT2D eigenvalue weighted by molar-refractivity contribution is 7.22. The zero-order valence-corrected chi connectivity index (χ0v) is 11.6. The average molecular weight is 277 g/mol. The summed E-state index contributed by atoms with van der Waals surface area (Å²) in [5, 5.41) is 14.0. The van der Waals surface area contributed by atoms with Crippen LogP contribution in [0.3, 0.4) is 0 Å². The predicted molar refractivity (Wildman–Crippen MR) is 80.5 cm³/mol. The molecule has 1 saturated carbocycles. The predicted octanol–water partition coefficient (Wildman–Crippen LogP) is 2.84. The molecule has 0 saturated heterocycles. The number of aliphatic hydroxyl groups is 1. The zero-order chi connectivity index (χ0) is 13.2. The van der Waals surface area contributed by atoms with E-state index in [1.54, 1.807) is 11.3 Å². The van der Waals surface area contributed by atoms with Crippen LogP contribution < -0.4 is 11.1 Å². The number of hydrogen-bond donors (Lipinski definition) is 3. The largest absolute Gasteiger partial charge is 0.399 e. The number of nitrogens with zero attached hydrogens (tertiary/aromatic N) is 1. The molecule has 0 bridgehead atoms. The number of nitrogens with two attached hydrogens (primary N) is 1.